The molecule has 1 aromatic rings. The molecular weight excluding hydrogens is 288 g/mol. The van der Waals surface area contributed by atoms with E-state index in [1.54, 1.807) is 11.3 Å². The molecule has 3 amide bonds. The van der Waals surface area contributed by atoms with E-state index in [1.165, 1.54) is 0 Å². The van der Waals surface area contributed by atoms with Crippen LogP contribution in [0, 0.1) is 0 Å². The van der Waals surface area contributed by atoms with Gasteiger partial charge in [0.25, 0.3) is 0 Å². The van der Waals surface area contributed by atoms with Gasteiger partial charge in [-0.15, -0.1) is 11.3 Å². The molecule has 0 spiro atoms. The summed E-state index contributed by atoms with van der Waals surface area (Å²) in [5.41, 5.74) is 0. The van der Waals surface area contributed by atoms with Crippen molar-refractivity contribution in [3.05, 3.63) is 22.4 Å². The van der Waals surface area contributed by atoms with Crippen LogP contribution in [0.25, 0.3) is 0 Å². The van der Waals surface area contributed by atoms with Gasteiger partial charge in [-0.1, -0.05) is 6.07 Å². The third-order valence-electron chi connectivity index (χ3n) is 3.54. The molecule has 1 saturated heterocycles. The molecule has 0 bridgehead atoms. The lowest BCUT2D eigenvalue weighted by molar-refractivity contribution is -0.121. The van der Waals surface area contributed by atoms with Gasteiger partial charge in [-0.05, 0) is 37.9 Å². The lowest BCUT2D eigenvalue weighted by Gasteiger charge is -2.31. The molecule has 0 aromatic carbocycles. The number of hydrogen-bond acceptors (Lipinski definition) is 5. The second kappa shape index (κ2) is 8.11. The molecule has 1 unspecified atom stereocenters. The summed E-state index contributed by atoms with van der Waals surface area (Å²) in [6, 6.07) is 3.87. The number of thiophene rings is 1. The quantitative estimate of drug-likeness (QED) is 0.751. The van der Waals surface area contributed by atoms with E-state index >= 15 is 0 Å². The van der Waals surface area contributed by atoms with Crippen molar-refractivity contribution in [1.29, 1.82) is 0 Å². The predicted octanol–water partition coefficient (Wildman–Crippen LogP) is 0.758. The van der Waals surface area contributed by atoms with Crippen molar-refractivity contribution in [2.45, 2.75) is 25.4 Å². The van der Waals surface area contributed by atoms with Gasteiger partial charge in [0.15, 0.2) is 0 Å². The Kier molecular flexibility index (Phi) is 6.16. The van der Waals surface area contributed by atoms with E-state index in [4.69, 9.17) is 0 Å². The number of urea groups is 1. The van der Waals surface area contributed by atoms with Gasteiger partial charge in [0, 0.05) is 17.5 Å². The second-order valence-electron chi connectivity index (χ2n) is 5.17. The van der Waals surface area contributed by atoms with Crippen molar-refractivity contribution in [1.82, 2.24) is 20.9 Å². The third-order valence-corrected chi connectivity index (χ3v) is 4.41. The maximum atomic E-state index is 11.8. The number of carbonyl (C=O) groups excluding carboxylic acids is 2. The molecule has 1 aromatic heterocycles. The highest BCUT2D eigenvalue weighted by Gasteiger charge is 2.20. The van der Waals surface area contributed by atoms with Gasteiger partial charge >= 0.3 is 6.03 Å². The molecule has 1 atom stereocenters. The Morgan fingerprint density at radius 3 is 3.05 bits per heavy atom. The highest BCUT2D eigenvalue weighted by atomic mass is 32.1. The second-order valence-corrected chi connectivity index (χ2v) is 6.21. The molecule has 116 valence electrons. The number of nitrogens with zero attached hydrogens (tertiary/aromatic N) is 1. The first-order chi connectivity index (χ1) is 10.2. The lowest BCUT2D eigenvalue weighted by atomic mass is 10.1. The fourth-order valence-corrected chi connectivity index (χ4v) is 3.07. The molecule has 0 aliphatic carbocycles. The van der Waals surface area contributed by atoms with Gasteiger partial charge in [-0.25, -0.2) is 4.79 Å². The molecule has 6 nitrogen and oxygen atoms in total. The van der Waals surface area contributed by atoms with Crippen LogP contribution in [0.4, 0.5) is 4.79 Å². The molecule has 1 aliphatic rings. The first-order valence-corrected chi connectivity index (χ1v) is 8.05. The smallest absolute Gasteiger partial charge is 0.321 e. The van der Waals surface area contributed by atoms with Crippen LogP contribution < -0.4 is 16.0 Å². The number of carbonyl (C=O) groups is 2. The number of likely N-dealkylation sites (N-methyl/N-ethyl adjacent to an activating group) is 1. The predicted molar refractivity (Wildman–Crippen MR) is 83.2 cm³/mol. The summed E-state index contributed by atoms with van der Waals surface area (Å²) in [6.45, 7) is 2.47. The summed E-state index contributed by atoms with van der Waals surface area (Å²) in [6.07, 6.45) is 2.21. The minimum Gasteiger partial charge on any atom is -0.333 e. The lowest BCUT2D eigenvalue weighted by Crippen LogP contribution is -2.49. The van der Waals surface area contributed by atoms with E-state index < -0.39 is 6.03 Å². The monoisotopic (exact) mass is 310 g/mol. The zero-order valence-electron chi connectivity index (χ0n) is 12.2. The Labute approximate surface area is 128 Å². The number of likely N-dealkylation sites (tertiary alicyclic amines) is 1. The minimum atomic E-state index is -0.435. The molecule has 3 N–H and O–H groups in total. The zero-order valence-corrected chi connectivity index (χ0v) is 13.0. The van der Waals surface area contributed by atoms with E-state index in [9.17, 15) is 9.59 Å². The standard InChI is InChI=1S/C14H22N4O2S/c1-15-11-4-2-6-18(9-11)10-13(19)17-14(20)16-8-12-5-3-7-21-12/h3,5,7,11,15H,2,4,6,8-10H2,1H3,(H2,16,17,19,20). The SMILES string of the molecule is CNC1CCCN(CC(=O)NC(=O)NCc2cccs2)C1. The van der Waals surface area contributed by atoms with Crippen molar-refractivity contribution in [2.75, 3.05) is 26.7 Å². The number of piperidine rings is 1. The van der Waals surface area contributed by atoms with Gasteiger partial charge < -0.3 is 10.6 Å². The maximum Gasteiger partial charge on any atom is 0.321 e. The molecule has 0 radical (unpaired) electrons. The summed E-state index contributed by atoms with van der Waals surface area (Å²) in [5, 5.41) is 10.2. The van der Waals surface area contributed by atoms with Crippen LogP contribution in [0.2, 0.25) is 0 Å². The van der Waals surface area contributed by atoms with Crippen molar-refractivity contribution in [3.8, 4) is 0 Å². The van der Waals surface area contributed by atoms with Crippen LogP contribution in [0.3, 0.4) is 0 Å². The molecule has 7 heteroatoms. The van der Waals surface area contributed by atoms with E-state index in [0.717, 1.165) is 30.8 Å². The highest BCUT2D eigenvalue weighted by Crippen LogP contribution is 2.09. The average molecular weight is 310 g/mol. The Morgan fingerprint density at radius 1 is 1.48 bits per heavy atom. The van der Waals surface area contributed by atoms with Crippen LogP contribution in [-0.4, -0.2) is 49.6 Å². The molecule has 1 aliphatic heterocycles. The van der Waals surface area contributed by atoms with Crippen molar-refractivity contribution in [3.63, 3.8) is 0 Å². The molecule has 1 fully saturated rings. The van der Waals surface area contributed by atoms with Crippen LogP contribution >= 0.6 is 11.3 Å². The first kappa shape index (κ1) is 15.9. The number of hydrogen-bond donors (Lipinski definition) is 3. The number of rotatable bonds is 5. The first-order valence-electron chi connectivity index (χ1n) is 7.17. The fourth-order valence-electron chi connectivity index (χ4n) is 2.43. The Morgan fingerprint density at radius 2 is 2.33 bits per heavy atom. The molecular formula is C14H22N4O2S. The number of amides is 3. The largest absolute Gasteiger partial charge is 0.333 e. The molecule has 2 heterocycles. The number of imide groups is 1. The van der Waals surface area contributed by atoms with Gasteiger partial charge in [-0.3, -0.25) is 15.0 Å². The Balaban J connectivity index is 1.67. The van der Waals surface area contributed by atoms with Crippen molar-refractivity contribution >= 4 is 23.3 Å². The Hall–Kier alpha value is -1.44. The van der Waals surface area contributed by atoms with Gasteiger partial charge in [0.05, 0.1) is 13.1 Å². The molecule has 21 heavy (non-hydrogen) atoms. The van der Waals surface area contributed by atoms with E-state index in [0.29, 0.717) is 12.6 Å². The summed E-state index contributed by atoms with van der Waals surface area (Å²) < 4.78 is 0. The zero-order chi connectivity index (χ0) is 15.1. The highest BCUT2D eigenvalue weighted by molar-refractivity contribution is 7.09. The van der Waals surface area contributed by atoms with E-state index in [2.05, 4.69) is 20.9 Å². The van der Waals surface area contributed by atoms with Gasteiger partial charge in [0.2, 0.25) is 5.91 Å². The van der Waals surface area contributed by atoms with Crippen molar-refractivity contribution in [2.24, 2.45) is 0 Å². The van der Waals surface area contributed by atoms with Gasteiger partial charge in [-0.2, -0.15) is 0 Å². The number of nitrogens with one attached hydrogen (secondary N) is 3. The normalized spacial score (nSPS) is 19.2. The summed E-state index contributed by atoms with van der Waals surface area (Å²) >= 11 is 1.57. The van der Waals surface area contributed by atoms with Crippen LogP contribution in [0.15, 0.2) is 17.5 Å². The van der Waals surface area contributed by atoms with E-state index in [-0.39, 0.29) is 12.5 Å². The summed E-state index contributed by atoms with van der Waals surface area (Å²) in [7, 11) is 1.94. The van der Waals surface area contributed by atoms with Crippen molar-refractivity contribution < 1.29 is 9.59 Å². The molecule has 2 rings (SSSR count). The van der Waals surface area contributed by atoms with Crippen LogP contribution in [0.5, 0.6) is 0 Å². The summed E-state index contributed by atoms with van der Waals surface area (Å²) in [4.78, 5) is 26.6. The maximum absolute atomic E-state index is 11.8. The Bertz CT molecular complexity index is 464. The van der Waals surface area contributed by atoms with Crippen LogP contribution in [0.1, 0.15) is 17.7 Å². The minimum absolute atomic E-state index is 0.254. The summed E-state index contributed by atoms with van der Waals surface area (Å²) in [5.74, 6) is -0.254. The van der Waals surface area contributed by atoms with Crippen LogP contribution in [-0.2, 0) is 11.3 Å². The van der Waals surface area contributed by atoms with E-state index in [1.807, 2.05) is 24.6 Å². The topological polar surface area (TPSA) is 73.5 Å². The molecule has 0 saturated carbocycles. The fraction of sp³-hybridized carbons (Fsp3) is 0.571. The average Bonchev–Trinajstić information content (AvgIpc) is 2.98. The third kappa shape index (κ3) is 5.45. The van der Waals surface area contributed by atoms with Gasteiger partial charge in [0.1, 0.15) is 0 Å².